The number of amides is 2. The molecule has 0 saturated carbocycles. The topological polar surface area (TPSA) is 67.5 Å². The number of benzene rings is 1. The number of rotatable bonds is 4. The zero-order chi connectivity index (χ0) is 17.4. The quantitative estimate of drug-likeness (QED) is 0.796. The molecule has 1 aliphatic heterocycles. The summed E-state index contributed by atoms with van der Waals surface area (Å²) in [6.45, 7) is 0.819. The SMILES string of the molecule is Cn1ccc2c(NC(=O)[C@H]3CC(=O)N(Cc4ccco4)C3)cccc21. The zero-order valence-electron chi connectivity index (χ0n) is 13.9. The Balaban J connectivity index is 1.47. The summed E-state index contributed by atoms with van der Waals surface area (Å²) in [5, 5.41) is 3.98. The maximum absolute atomic E-state index is 12.6. The van der Waals surface area contributed by atoms with Crippen molar-refractivity contribution in [2.75, 3.05) is 11.9 Å². The maximum atomic E-state index is 12.6. The molecule has 1 N–H and O–H groups in total. The lowest BCUT2D eigenvalue weighted by atomic mass is 10.1. The van der Waals surface area contributed by atoms with Gasteiger partial charge in [0.2, 0.25) is 11.8 Å². The highest BCUT2D eigenvalue weighted by atomic mass is 16.3. The highest BCUT2D eigenvalue weighted by molar-refractivity contribution is 6.03. The fourth-order valence-corrected chi connectivity index (χ4v) is 3.34. The van der Waals surface area contributed by atoms with E-state index >= 15 is 0 Å². The second-order valence-electron chi connectivity index (χ2n) is 6.41. The molecule has 25 heavy (non-hydrogen) atoms. The van der Waals surface area contributed by atoms with Gasteiger partial charge in [-0.05, 0) is 30.3 Å². The summed E-state index contributed by atoms with van der Waals surface area (Å²) in [6.07, 6.45) is 3.78. The van der Waals surface area contributed by atoms with Gasteiger partial charge in [0.1, 0.15) is 5.76 Å². The number of fused-ring (bicyclic) bond motifs is 1. The third-order valence-electron chi connectivity index (χ3n) is 4.70. The van der Waals surface area contributed by atoms with E-state index in [0.29, 0.717) is 13.1 Å². The molecule has 3 heterocycles. The van der Waals surface area contributed by atoms with E-state index in [4.69, 9.17) is 4.42 Å². The van der Waals surface area contributed by atoms with Crippen LogP contribution in [0.3, 0.4) is 0 Å². The summed E-state index contributed by atoms with van der Waals surface area (Å²) in [4.78, 5) is 26.5. The first kappa shape index (κ1) is 15.5. The normalized spacial score (nSPS) is 17.4. The van der Waals surface area contributed by atoms with Gasteiger partial charge in [0.05, 0.1) is 24.4 Å². The van der Waals surface area contributed by atoms with Crippen LogP contribution in [0.2, 0.25) is 0 Å². The number of anilines is 1. The van der Waals surface area contributed by atoms with E-state index in [9.17, 15) is 9.59 Å². The van der Waals surface area contributed by atoms with E-state index in [1.54, 1.807) is 17.2 Å². The monoisotopic (exact) mass is 337 g/mol. The molecule has 1 saturated heterocycles. The van der Waals surface area contributed by atoms with Crippen molar-refractivity contribution in [3.63, 3.8) is 0 Å². The van der Waals surface area contributed by atoms with Crippen molar-refractivity contribution in [1.82, 2.24) is 9.47 Å². The minimum absolute atomic E-state index is 0.0190. The van der Waals surface area contributed by atoms with Crippen molar-refractivity contribution >= 4 is 28.4 Å². The summed E-state index contributed by atoms with van der Waals surface area (Å²) in [5.41, 5.74) is 1.83. The number of aromatic nitrogens is 1. The molecule has 0 spiro atoms. The van der Waals surface area contributed by atoms with Crippen LogP contribution in [0.5, 0.6) is 0 Å². The van der Waals surface area contributed by atoms with E-state index in [1.807, 2.05) is 48.1 Å². The maximum Gasteiger partial charge on any atom is 0.229 e. The number of aryl methyl sites for hydroxylation is 1. The molecule has 1 aromatic carbocycles. The lowest BCUT2D eigenvalue weighted by molar-refractivity contribution is -0.128. The number of furan rings is 1. The van der Waals surface area contributed by atoms with Crippen LogP contribution in [0, 0.1) is 5.92 Å². The molecular weight excluding hydrogens is 318 g/mol. The average molecular weight is 337 g/mol. The van der Waals surface area contributed by atoms with Gasteiger partial charge < -0.3 is 19.2 Å². The van der Waals surface area contributed by atoms with Crippen LogP contribution >= 0.6 is 0 Å². The lowest BCUT2D eigenvalue weighted by Gasteiger charge is -2.15. The highest BCUT2D eigenvalue weighted by Gasteiger charge is 2.34. The second-order valence-corrected chi connectivity index (χ2v) is 6.41. The molecule has 4 rings (SSSR count). The minimum Gasteiger partial charge on any atom is -0.467 e. The van der Waals surface area contributed by atoms with Crippen LogP contribution < -0.4 is 5.32 Å². The average Bonchev–Trinajstić information content (AvgIpc) is 3.31. The molecule has 0 radical (unpaired) electrons. The molecule has 3 aromatic rings. The van der Waals surface area contributed by atoms with Crippen LogP contribution in [-0.4, -0.2) is 27.8 Å². The summed E-state index contributed by atoms with van der Waals surface area (Å²) in [6, 6.07) is 11.4. The van der Waals surface area contributed by atoms with Crippen LogP contribution in [0.1, 0.15) is 12.2 Å². The summed E-state index contributed by atoms with van der Waals surface area (Å²) in [5.74, 6) is 0.242. The fourth-order valence-electron chi connectivity index (χ4n) is 3.34. The van der Waals surface area contributed by atoms with Crippen molar-refractivity contribution in [3.05, 3.63) is 54.6 Å². The molecule has 6 nitrogen and oxygen atoms in total. The number of nitrogens with zero attached hydrogens (tertiary/aromatic N) is 2. The Hall–Kier alpha value is -3.02. The zero-order valence-corrected chi connectivity index (χ0v) is 13.9. The molecule has 1 fully saturated rings. The van der Waals surface area contributed by atoms with Crippen molar-refractivity contribution in [2.24, 2.45) is 13.0 Å². The van der Waals surface area contributed by atoms with Gasteiger partial charge in [0.25, 0.3) is 0 Å². The first-order valence-corrected chi connectivity index (χ1v) is 8.27. The van der Waals surface area contributed by atoms with Crippen LogP contribution in [0.15, 0.2) is 53.3 Å². The van der Waals surface area contributed by atoms with E-state index in [2.05, 4.69) is 5.32 Å². The Kier molecular flexibility index (Phi) is 3.80. The molecule has 0 bridgehead atoms. The van der Waals surface area contributed by atoms with Crippen molar-refractivity contribution in [3.8, 4) is 0 Å². The molecule has 1 aliphatic rings. The Morgan fingerprint density at radius 2 is 2.16 bits per heavy atom. The first-order chi connectivity index (χ1) is 12.1. The minimum atomic E-state index is -0.346. The van der Waals surface area contributed by atoms with Gasteiger partial charge in [-0.2, -0.15) is 0 Å². The summed E-state index contributed by atoms with van der Waals surface area (Å²) < 4.78 is 7.30. The van der Waals surface area contributed by atoms with Crippen molar-refractivity contribution in [2.45, 2.75) is 13.0 Å². The van der Waals surface area contributed by atoms with Gasteiger partial charge >= 0.3 is 0 Å². The molecule has 1 atom stereocenters. The Morgan fingerprint density at radius 3 is 2.96 bits per heavy atom. The standard InChI is InChI=1S/C19H19N3O3/c1-21-8-7-15-16(5-2-6-17(15)21)20-19(24)13-10-18(23)22(11-13)12-14-4-3-9-25-14/h2-9,13H,10-12H2,1H3,(H,20,24)/t13-/m0/s1. The number of carbonyl (C=O) groups is 2. The van der Waals surface area contributed by atoms with Crippen LogP contribution in [0.4, 0.5) is 5.69 Å². The number of hydrogen-bond donors (Lipinski definition) is 1. The summed E-state index contributed by atoms with van der Waals surface area (Å²) in [7, 11) is 1.97. The largest absolute Gasteiger partial charge is 0.467 e. The first-order valence-electron chi connectivity index (χ1n) is 8.27. The molecule has 0 unspecified atom stereocenters. The van der Waals surface area contributed by atoms with E-state index in [-0.39, 0.29) is 24.2 Å². The predicted octanol–water partition coefficient (Wildman–Crippen LogP) is 2.76. The van der Waals surface area contributed by atoms with Crippen LogP contribution in [0.25, 0.3) is 10.9 Å². The number of hydrogen-bond acceptors (Lipinski definition) is 3. The van der Waals surface area contributed by atoms with Gasteiger partial charge in [-0.25, -0.2) is 0 Å². The molecule has 2 aromatic heterocycles. The Labute approximate surface area is 145 Å². The molecule has 2 amide bonds. The van der Waals surface area contributed by atoms with Crippen LogP contribution in [-0.2, 0) is 23.2 Å². The molecule has 128 valence electrons. The van der Waals surface area contributed by atoms with E-state index < -0.39 is 0 Å². The van der Waals surface area contributed by atoms with Gasteiger partial charge in [-0.3, -0.25) is 9.59 Å². The van der Waals surface area contributed by atoms with Gasteiger partial charge in [0.15, 0.2) is 0 Å². The fraction of sp³-hybridized carbons (Fsp3) is 0.263. The predicted molar refractivity (Wildman–Crippen MR) is 93.8 cm³/mol. The smallest absolute Gasteiger partial charge is 0.229 e. The van der Waals surface area contributed by atoms with Crippen molar-refractivity contribution < 1.29 is 14.0 Å². The third kappa shape index (κ3) is 2.91. The lowest BCUT2D eigenvalue weighted by Crippen LogP contribution is -2.27. The number of carbonyl (C=O) groups excluding carboxylic acids is 2. The van der Waals surface area contributed by atoms with Gasteiger partial charge in [0, 0.05) is 37.1 Å². The van der Waals surface area contributed by atoms with Crippen molar-refractivity contribution in [1.29, 1.82) is 0 Å². The molecular formula is C19H19N3O3. The van der Waals surface area contributed by atoms with Gasteiger partial charge in [-0.15, -0.1) is 0 Å². The summed E-state index contributed by atoms with van der Waals surface area (Å²) >= 11 is 0. The second kappa shape index (κ2) is 6.12. The van der Waals surface area contributed by atoms with Gasteiger partial charge in [-0.1, -0.05) is 6.07 Å². The Morgan fingerprint density at radius 1 is 1.28 bits per heavy atom. The van der Waals surface area contributed by atoms with E-state index in [0.717, 1.165) is 22.4 Å². The number of nitrogens with one attached hydrogen (secondary N) is 1. The Bertz CT molecular complexity index is 927. The third-order valence-corrected chi connectivity index (χ3v) is 4.70. The highest BCUT2D eigenvalue weighted by Crippen LogP contribution is 2.26. The molecule has 0 aliphatic carbocycles. The number of likely N-dealkylation sites (tertiary alicyclic amines) is 1. The molecule has 6 heteroatoms. The van der Waals surface area contributed by atoms with E-state index in [1.165, 1.54) is 0 Å².